The zero-order chi connectivity index (χ0) is 14.4. The average Bonchev–Trinajstić information content (AvgIpc) is 2.88. The van der Waals surface area contributed by atoms with Crippen LogP contribution in [0.1, 0.15) is 32.4 Å². The number of piperidine rings is 1. The first-order chi connectivity index (χ1) is 9.69. The predicted octanol–water partition coefficient (Wildman–Crippen LogP) is 2.75. The van der Waals surface area contributed by atoms with Crippen molar-refractivity contribution >= 4 is 16.5 Å². The van der Waals surface area contributed by atoms with Gasteiger partial charge in [-0.2, -0.15) is 0 Å². The lowest BCUT2D eigenvalue weighted by Crippen LogP contribution is -2.37. The van der Waals surface area contributed by atoms with E-state index in [-0.39, 0.29) is 0 Å². The number of nitrogens with one attached hydrogen (secondary N) is 1. The standard InChI is InChI=1S/C15H27N3OS/c1-12(2)7-16-8-14-11-20-15(17-14)18-6-4-5-13(9-18)10-19-3/h11-13,16H,4-10H2,1-3H3. The van der Waals surface area contributed by atoms with Gasteiger partial charge in [0.05, 0.1) is 12.3 Å². The molecule has 0 amide bonds. The van der Waals surface area contributed by atoms with Crippen LogP contribution >= 0.6 is 11.3 Å². The van der Waals surface area contributed by atoms with Gasteiger partial charge in [-0.25, -0.2) is 4.98 Å². The predicted molar refractivity (Wildman–Crippen MR) is 85.5 cm³/mol. The Labute approximate surface area is 126 Å². The maximum Gasteiger partial charge on any atom is 0.185 e. The van der Waals surface area contributed by atoms with Gasteiger partial charge in [0.2, 0.25) is 0 Å². The molecule has 1 aliphatic heterocycles. The Morgan fingerprint density at radius 3 is 3.15 bits per heavy atom. The minimum atomic E-state index is 0.653. The number of rotatable bonds is 7. The molecule has 114 valence electrons. The molecule has 0 radical (unpaired) electrons. The Kier molecular flexibility index (Phi) is 6.26. The van der Waals surface area contributed by atoms with Crippen molar-refractivity contribution in [1.29, 1.82) is 0 Å². The second-order valence-electron chi connectivity index (χ2n) is 6.06. The summed E-state index contributed by atoms with van der Waals surface area (Å²) in [5.74, 6) is 1.34. The van der Waals surface area contributed by atoms with Gasteiger partial charge in [0, 0.05) is 32.1 Å². The smallest absolute Gasteiger partial charge is 0.185 e. The molecule has 1 aliphatic rings. The fraction of sp³-hybridized carbons (Fsp3) is 0.800. The molecule has 2 rings (SSSR count). The molecule has 1 N–H and O–H groups in total. The number of anilines is 1. The summed E-state index contributed by atoms with van der Waals surface area (Å²) in [6, 6.07) is 0. The van der Waals surface area contributed by atoms with Gasteiger partial charge in [0.15, 0.2) is 5.13 Å². The third kappa shape index (κ3) is 4.72. The van der Waals surface area contributed by atoms with E-state index in [2.05, 4.69) is 29.4 Å². The van der Waals surface area contributed by atoms with Crippen molar-refractivity contribution in [2.24, 2.45) is 11.8 Å². The van der Waals surface area contributed by atoms with Gasteiger partial charge in [0.1, 0.15) is 0 Å². The lowest BCUT2D eigenvalue weighted by Gasteiger charge is -2.32. The molecule has 0 aliphatic carbocycles. The third-order valence-electron chi connectivity index (χ3n) is 3.59. The molecule has 1 aromatic rings. The quantitative estimate of drug-likeness (QED) is 0.840. The van der Waals surface area contributed by atoms with Crippen LogP contribution in [-0.4, -0.2) is 38.3 Å². The summed E-state index contributed by atoms with van der Waals surface area (Å²) in [4.78, 5) is 7.19. The van der Waals surface area contributed by atoms with E-state index in [1.165, 1.54) is 23.7 Å². The van der Waals surface area contributed by atoms with E-state index in [0.717, 1.165) is 32.8 Å². The van der Waals surface area contributed by atoms with Gasteiger partial charge in [-0.3, -0.25) is 0 Å². The van der Waals surface area contributed by atoms with Gasteiger partial charge in [-0.05, 0) is 31.2 Å². The molecular weight excluding hydrogens is 270 g/mol. The number of ether oxygens (including phenoxy) is 1. The molecule has 0 aromatic carbocycles. The summed E-state index contributed by atoms with van der Waals surface area (Å²) in [6.45, 7) is 9.46. The average molecular weight is 297 g/mol. The van der Waals surface area contributed by atoms with Crippen molar-refractivity contribution in [3.63, 3.8) is 0 Å². The molecule has 5 heteroatoms. The van der Waals surface area contributed by atoms with Gasteiger partial charge >= 0.3 is 0 Å². The van der Waals surface area contributed by atoms with Gasteiger partial charge in [0.25, 0.3) is 0 Å². The first-order valence-corrected chi connectivity index (χ1v) is 8.46. The van der Waals surface area contributed by atoms with Crippen LogP contribution in [0, 0.1) is 11.8 Å². The van der Waals surface area contributed by atoms with Crippen molar-refractivity contribution in [3.05, 3.63) is 11.1 Å². The highest BCUT2D eigenvalue weighted by Crippen LogP contribution is 2.26. The molecule has 4 nitrogen and oxygen atoms in total. The lowest BCUT2D eigenvalue weighted by molar-refractivity contribution is 0.143. The summed E-state index contributed by atoms with van der Waals surface area (Å²) in [5.41, 5.74) is 1.17. The van der Waals surface area contributed by atoms with E-state index in [0.29, 0.717) is 11.8 Å². The number of hydrogen-bond acceptors (Lipinski definition) is 5. The Hall–Kier alpha value is -0.650. The minimum Gasteiger partial charge on any atom is -0.384 e. The van der Waals surface area contributed by atoms with Crippen LogP contribution in [0.2, 0.25) is 0 Å². The zero-order valence-electron chi connectivity index (χ0n) is 12.9. The summed E-state index contributed by atoms with van der Waals surface area (Å²) >= 11 is 1.77. The van der Waals surface area contributed by atoms with Crippen LogP contribution in [0.4, 0.5) is 5.13 Å². The van der Waals surface area contributed by atoms with E-state index < -0.39 is 0 Å². The number of nitrogens with zero attached hydrogens (tertiary/aromatic N) is 2. The van der Waals surface area contributed by atoms with Crippen LogP contribution in [0.5, 0.6) is 0 Å². The summed E-state index contributed by atoms with van der Waals surface area (Å²) in [5, 5.41) is 6.81. The highest BCUT2D eigenvalue weighted by Gasteiger charge is 2.21. The highest BCUT2D eigenvalue weighted by molar-refractivity contribution is 7.13. The Morgan fingerprint density at radius 2 is 2.40 bits per heavy atom. The summed E-state index contributed by atoms with van der Waals surface area (Å²) < 4.78 is 5.29. The summed E-state index contributed by atoms with van der Waals surface area (Å²) in [7, 11) is 1.79. The molecule has 20 heavy (non-hydrogen) atoms. The number of aromatic nitrogens is 1. The second-order valence-corrected chi connectivity index (χ2v) is 6.89. The molecule has 1 atom stereocenters. The van der Waals surface area contributed by atoms with Crippen LogP contribution < -0.4 is 10.2 Å². The van der Waals surface area contributed by atoms with Gasteiger partial charge < -0.3 is 15.0 Å². The molecule has 2 heterocycles. The lowest BCUT2D eigenvalue weighted by atomic mass is 9.99. The number of methoxy groups -OCH3 is 1. The molecule has 1 unspecified atom stereocenters. The van der Waals surface area contributed by atoms with Crippen molar-refractivity contribution in [2.45, 2.75) is 33.2 Å². The van der Waals surface area contributed by atoms with E-state index in [9.17, 15) is 0 Å². The van der Waals surface area contributed by atoms with Crippen LogP contribution in [0.15, 0.2) is 5.38 Å². The Bertz CT molecular complexity index is 392. The normalized spacial score (nSPS) is 19.8. The van der Waals surface area contributed by atoms with E-state index >= 15 is 0 Å². The fourth-order valence-corrected chi connectivity index (χ4v) is 3.48. The molecule has 0 saturated carbocycles. The van der Waals surface area contributed by atoms with Crippen LogP contribution in [0.25, 0.3) is 0 Å². The van der Waals surface area contributed by atoms with E-state index in [1.807, 2.05) is 0 Å². The van der Waals surface area contributed by atoms with Crippen LogP contribution in [-0.2, 0) is 11.3 Å². The van der Waals surface area contributed by atoms with Crippen molar-refractivity contribution < 1.29 is 4.74 Å². The monoisotopic (exact) mass is 297 g/mol. The second kappa shape index (κ2) is 7.96. The molecule has 1 saturated heterocycles. The van der Waals surface area contributed by atoms with E-state index in [4.69, 9.17) is 9.72 Å². The first-order valence-electron chi connectivity index (χ1n) is 7.58. The van der Waals surface area contributed by atoms with Crippen molar-refractivity contribution in [3.8, 4) is 0 Å². The largest absolute Gasteiger partial charge is 0.384 e. The van der Waals surface area contributed by atoms with Crippen molar-refractivity contribution in [1.82, 2.24) is 10.3 Å². The SMILES string of the molecule is COCC1CCCN(c2nc(CNCC(C)C)cs2)C1. The third-order valence-corrected chi connectivity index (χ3v) is 4.54. The van der Waals surface area contributed by atoms with Crippen molar-refractivity contribution in [2.75, 3.05) is 38.3 Å². The van der Waals surface area contributed by atoms with Gasteiger partial charge in [-0.15, -0.1) is 11.3 Å². The maximum absolute atomic E-state index is 5.29. The Morgan fingerprint density at radius 1 is 1.55 bits per heavy atom. The molecule has 0 spiro atoms. The zero-order valence-corrected chi connectivity index (χ0v) is 13.7. The summed E-state index contributed by atoms with van der Waals surface area (Å²) in [6.07, 6.45) is 2.52. The molecule has 1 aromatic heterocycles. The Balaban J connectivity index is 1.84. The number of thiazole rings is 1. The molecule has 1 fully saturated rings. The molecule has 0 bridgehead atoms. The highest BCUT2D eigenvalue weighted by atomic mass is 32.1. The van der Waals surface area contributed by atoms with E-state index in [1.54, 1.807) is 18.4 Å². The first kappa shape index (κ1) is 15.7. The fourth-order valence-electron chi connectivity index (χ4n) is 2.62. The molecular formula is C15H27N3OS. The maximum atomic E-state index is 5.29. The topological polar surface area (TPSA) is 37.4 Å². The number of hydrogen-bond donors (Lipinski definition) is 1. The van der Waals surface area contributed by atoms with Gasteiger partial charge in [-0.1, -0.05) is 13.8 Å². The van der Waals surface area contributed by atoms with Crippen LogP contribution in [0.3, 0.4) is 0 Å². The minimum absolute atomic E-state index is 0.653.